The predicted molar refractivity (Wildman–Crippen MR) is 126 cm³/mol. The molecule has 0 atom stereocenters. The van der Waals surface area contributed by atoms with Gasteiger partial charge in [-0.15, -0.1) is 12.6 Å². The van der Waals surface area contributed by atoms with Crippen molar-refractivity contribution >= 4 is 50.9 Å². The van der Waals surface area contributed by atoms with Crippen LogP contribution in [-0.4, -0.2) is 37.6 Å². The van der Waals surface area contributed by atoms with Gasteiger partial charge in [-0.1, -0.05) is 30.3 Å². The van der Waals surface area contributed by atoms with Crippen molar-refractivity contribution in [3.63, 3.8) is 0 Å². The van der Waals surface area contributed by atoms with E-state index >= 15 is 0 Å². The molecule has 8 heteroatoms. The van der Waals surface area contributed by atoms with Crippen molar-refractivity contribution < 1.29 is 13.2 Å². The van der Waals surface area contributed by atoms with E-state index in [1.54, 1.807) is 19.1 Å². The van der Waals surface area contributed by atoms with E-state index in [1.807, 2.05) is 36.4 Å². The Morgan fingerprint density at radius 1 is 1.00 bits per heavy atom. The van der Waals surface area contributed by atoms with Crippen molar-refractivity contribution in [2.75, 3.05) is 13.1 Å². The third kappa shape index (κ3) is 4.66. The first-order chi connectivity index (χ1) is 14.8. The Bertz CT molecular complexity index is 1280. The van der Waals surface area contributed by atoms with Crippen LogP contribution in [0, 0.1) is 0 Å². The zero-order valence-electron chi connectivity index (χ0n) is 17.1. The summed E-state index contributed by atoms with van der Waals surface area (Å²) in [5.41, 5.74) is 1.02. The number of hydrogen-bond donors (Lipinski definition) is 2. The molecule has 160 valence electrons. The molecule has 3 aromatic rings. The maximum Gasteiger partial charge on any atom is 0.256 e. The lowest BCUT2D eigenvalue weighted by molar-refractivity contribution is 0.0977. The summed E-state index contributed by atoms with van der Waals surface area (Å²) in [6.07, 6.45) is 1.76. The number of nitrogens with one attached hydrogen (secondary N) is 1. The van der Waals surface area contributed by atoms with Crippen LogP contribution in [0.3, 0.4) is 0 Å². The fraction of sp³-hybridized carbons (Fsp3) is 0.217. The van der Waals surface area contributed by atoms with Crippen molar-refractivity contribution in [2.24, 2.45) is 4.99 Å². The summed E-state index contributed by atoms with van der Waals surface area (Å²) in [6.45, 7) is 2.77. The topological polar surface area (TPSA) is 78.8 Å². The van der Waals surface area contributed by atoms with Crippen LogP contribution in [0.1, 0.15) is 30.1 Å². The zero-order chi connectivity index (χ0) is 22.0. The standard InChI is InChI=1S/C23H23N3O3S2/c1-16(25-23(27)19-9-8-17-6-2-3-7-18(17)14-19)24-21-11-10-20(15-22(21)30)31(28,29)26-12-4-5-13-26/h2-3,6-11,14-15,30H,4-5,12-13H2,1H3,(H,24,25,27). The minimum Gasteiger partial charge on any atom is -0.310 e. The fourth-order valence-corrected chi connectivity index (χ4v) is 5.51. The molecule has 1 aliphatic heterocycles. The molecule has 0 saturated carbocycles. The van der Waals surface area contributed by atoms with Crippen molar-refractivity contribution in [1.82, 2.24) is 9.62 Å². The lowest BCUT2D eigenvalue weighted by Crippen LogP contribution is -2.28. The SMILES string of the molecule is CC(=Nc1ccc(S(=O)(=O)N2CCCC2)cc1S)NC(=O)c1ccc2ccccc2c1. The largest absolute Gasteiger partial charge is 0.310 e. The number of carbonyl (C=O) groups is 1. The second-order valence-electron chi connectivity index (χ2n) is 7.47. The van der Waals surface area contributed by atoms with E-state index in [0.29, 0.717) is 35.1 Å². The molecule has 0 radical (unpaired) electrons. The molecule has 6 nitrogen and oxygen atoms in total. The number of amides is 1. The molecule has 31 heavy (non-hydrogen) atoms. The molecule has 0 aliphatic carbocycles. The highest BCUT2D eigenvalue weighted by atomic mass is 32.2. The molecule has 1 saturated heterocycles. The van der Waals surface area contributed by atoms with Crippen LogP contribution in [0.4, 0.5) is 5.69 Å². The average molecular weight is 454 g/mol. The molecule has 0 spiro atoms. The van der Waals surface area contributed by atoms with Gasteiger partial charge < -0.3 is 5.32 Å². The maximum absolute atomic E-state index is 12.7. The number of carbonyl (C=O) groups excluding carboxylic acids is 1. The number of nitrogens with zero attached hydrogens (tertiary/aromatic N) is 2. The number of fused-ring (bicyclic) bond motifs is 1. The van der Waals surface area contributed by atoms with Crippen LogP contribution in [0.5, 0.6) is 0 Å². The molecule has 1 fully saturated rings. The molecule has 0 bridgehead atoms. The quantitative estimate of drug-likeness (QED) is 0.349. The van der Waals surface area contributed by atoms with Crippen LogP contribution < -0.4 is 5.32 Å². The minimum absolute atomic E-state index is 0.205. The van der Waals surface area contributed by atoms with Gasteiger partial charge in [0.15, 0.2) is 0 Å². The second kappa shape index (κ2) is 8.82. The van der Waals surface area contributed by atoms with E-state index in [0.717, 1.165) is 23.6 Å². The number of hydrogen-bond acceptors (Lipinski definition) is 5. The van der Waals surface area contributed by atoms with E-state index in [1.165, 1.54) is 16.4 Å². The van der Waals surface area contributed by atoms with Crippen LogP contribution in [-0.2, 0) is 10.0 Å². The Labute approximate surface area is 187 Å². The van der Waals surface area contributed by atoms with Gasteiger partial charge in [0.05, 0.1) is 10.6 Å². The third-order valence-electron chi connectivity index (χ3n) is 5.24. The molecule has 1 heterocycles. The molecular weight excluding hydrogens is 430 g/mol. The van der Waals surface area contributed by atoms with E-state index < -0.39 is 10.0 Å². The second-order valence-corrected chi connectivity index (χ2v) is 9.89. The lowest BCUT2D eigenvalue weighted by atomic mass is 10.1. The normalized spacial score (nSPS) is 15.4. The van der Waals surface area contributed by atoms with E-state index in [-0.39, 0.29) is 10.8 Å². The summed E-state index contributed by atoms with van der Waals surface area (Å²) in [5, 5.41) is 4.82. The number of amidine groups is 1. The highest BCUT2D eigenvalue weighted by Gasteiger charge is 2.27. The molecule has 1 aliphatic rings. The number of aliphatic imine (C=N–C) groups is 1. The Morgan fingerprint density at radius 3 is 2.42 bits per heavy atom. The lowest BCUT2D eigenvalue weighted by Gasteiger charge is -2.16. The number of thiol groups is 1. The summed E-state index contributed by atoms with van der Waals surface area (Å²) < 4.78 is 26.9. The summed E-state index contributed by atoms with van der Waals surface area (Å²) in [5.74, 6) is 0.129. The van der Waals surface area contributed by atoms with E-state index in [9.17, 15) is 13.2 Å². The first-order valence-electron chi connectivity index (χ1n) is 10.0. The van der Waals surface area contributed by atoms with Crippen molar-refractivity contribution in [2.45, 2.75) is 29.6 Å². The van der Waals surface area contributed by atoms with Gasteiger partial charge in [0.1, 0.15) is 5.84 Å². The smallest absolute Gasteiger partial charge is 0.256 e. The molecule has 1 amide bonds. The van der Waals surface area contributed by atoms with Gasteiger partial charge in [-0.3, -0.25) is 4.79 Å². The van der Waals surface area contributed by atoms with Gasteiger partial charge in [-0.05, 0) is 60.9 Å². The summed E-state index contributed by atoms with van der Waals surface area (Å²) in [7, 11) is -3.51. The van der Waals surface area contributed by atoms with Gasteiger partial charge in [0.2, 0.25) is 10.0 Å². The first kappa shape index (κ1) is 21.5. The van der Waals surface area contributed by atoms with Gasteiger partial charge >= 0.3 is 0 Å². The summed E-state index contributed by atoms with van der Waals surface area (Å²) in [6, 6.07) is 18.0. The Morgan fingerprint density at radius 2 is 1.71 bits per heavy atom. The molecule has 3 aromatic carbocycles. The Hall–Kier alpha value is -2.68. The van der Waals surface area contributed by atoms with E-state index in [4.69, 9.17) is 0 Å². The predicted octanol–water partition coefficient (Wildman–Crippen LogP) is 4.39. The highest BCUT2D eigenvalue weighted by Crippen LogP contribution is 2.29. The third-order valence-corrected chi connectivity index (χ3v) is 7.50. The van der Waals surface area contributed by atoms with E-state index in [2.05, 4.69) is 22.9 Å². The molecule has 4 rings (SSSR count). The fourth-order valence-electron chi connectivity index (χ4n) is 3.61. The summed E-state index contributed by atoms with van der Waals surface area (Å²) in [4.78, 5) is 17.7. The Balaban J connectivity index is 1.51. The zero-order valence-corrected chi connectivity index (χ0v) is 18.8. The molecule has 0 aromatic heterocycles. The van der Waals surface area contributed by atoms with Crippen molar-refractivity contribution in [1.29, 1.82) is 0 Å². The Kier molecular flexibility index (Phi) is 6.13. The van der Waals surface area contributed by atoms with Crippen molar-refractivity contribution in [3.05, 3.63) is 66.2 Å². The van der Waals surface area contributed by atoms with Gasteiger partial charge in [0, 0.05) is 23.5 Å². The molecular formula is C23H23N3O3S2. The van der Waals surface area contributed by atoms with Gasteiger partial charge in [-0.2, -0.15) is 4.31 Å². The minimum atomic E-state index is -3.51. The highest BCUT2D eigenvalue weighted by molar-refractivity contribution is 7.89. The average Bonchev–Trinajstić information content (AvgIpc) is 3.30. The number of sulfonamides is 1. The van der Waals surface area contributed by atoms with Gasteiger partial charge in [-0.25, -0.2) is 13.4 Å². The van der Waals surface area contributed by atoms with Gasteiger partial charge in [0.25, 0.3) is 5.91 Å². The number of benzene rings is 3. The first-order valence-corrected chi connectivity index (χ1v) is 11.9. The van der Waals surface area contributed by atoms with Crippen LogP contribution >= 0.6 is 12.6 Å². The summed E-state index contributed by atoms with van der Waals surface area (Å²) >= 11 is 4.41. The van der Waals surface area contributed by atoms with Crippen molar-refractivity contribution in [3.8, 4) is 0 Å². The number of rotatable bonds is 4. The van der Waals surface area contributed by atoms with Crippen LogP contribution in [0.15, 0.2) is 75.4 Å². The molecule has 0 unspecified atom stereocenters. The van der Waals surface area contributed by atoms with Crippen LogP contribution in [0.25, 0.3) is 10.8 Å². The maximum atomic E-state index is 12.7. The monoisotopic (exact) mass is 453 g/mol. The van der Waals surface area contributed by atoms with Crippen LogP contribution in [0.2, 0.25) is 0 Å². The molecule has 1 N–H and O–H groups in total.